The molecule has 0 saturated carbocycles. The highest BCUT2D eigenvalue weighted by Crippen LogP contribution is 2.31. The Balaban J connectivity index is 1.83. The summed E-state index contributed by atoms with van der Waals surface area (Å²) in [5.41, 5.74) is 7.71. The molecule has 0 bridgehead atoms. The third-order valence-electron chi connectivity index (χ3n) is 4.03. The van der Waals surface area contributed by atoms with Crippen LogP contribution >= 0.6 is 11.6 Å². The molecule has 1 aliphatic heterocycles. The van der Waals surface area contributed by atoms with Crippen molar-refractivity contribution in [2.45, 2.75) is 19.8 Å². The van der Waals surface area contributed by atoms with Crippen LogP contribution in [0, 0.1) is 5.92 Å². The monoisotopic (exact) mass is 317 g/mol. The van der Waals surface area contributed by atoms with Crippen LogP contribution in [-0.2, 0) is 0 Å². The van der Waals surface area contributed by atoms with E-state index in [0.29, 0.717) is 16.5 Å². The van der Waals surface area contributed by atoms with Crippen LogP contribution in [0.4, 0.5) is 23.0 Å². The summed E-state index contributed by atoms with van der Waals surface area (Å²) < 4.78 is 0. The van der Waals surface area contributed by atoms with Gasteiger partial charge in [0.05, 0.1) is 0 Å². The maximum atomic E-state index is 6.27. The number of piperidine rings is 1. The van der Waals surface area contributed by atoms with E-state index in [-0.39, 0.29) is 0 Å². The summed E-state index contributed by atoms with van der Waals surface area (Å²) >= 11 is 6.01. The van der Waals surface area contributed by atoms with E-state index in [9.17, 15) is 0 Å². The molecule has 0 aliphatic carbocycles. The van der Waals surface area contributed by atoms with E-state index in [2.05, 4.69) is 27.1 Å². The average molecular weight is 318 g/mol. The molecule has 6 heteroatoms. The Labute approximate surface area is 135 Å². The Kier molecular flexibility index (Phi) is 4.34. The van der Waals surface area contributed by atoms with Gasteiger partial charge in [-0.05, 0) is 37.0 Å². The highest BCUT2D eigenvalue weighted by atomic mass is 35.5. The van der Waals surface area contributed by atoms with Crippen molar-refractivity contribution in [3.8, 4) is 0 Å². The molecule has 1 fully saturated rings. The van der Waals surface area contributed by atoms with Crippen molar-refractivity contribution >= 4 is 34.6 Å². The van der Waals surface area contributed by atoms with Crippen LogP contribution < -0.4 is 16.0 Å². The number of nitrogens with zero attached hydrogens (tertiary/aromatic N) is 3. The molecule has 1 aliphatic rings. The molecule has 3 rings (SSSR count). The van der Waals surface area contributed by atoms with Crippen molar-refractivity contribution in [1.29, 1.82) is 0 Å². The van der Waals surface area contributed by atoms with E-state index in [1.807, 2.05) is 24.3 Å². The molecule has 5 nitrogen and oxygen atoms in total. The first-order valence-corrected chi connectivity index (χ1v) is 7.89. The van der Waals surface area contributed by atoms with E-state index >= 15 is 0 Å². The van der Waals surface area contributed by atoms with Crippen LogP contribution in [0.3, 0.4) is 0 Å². The maximum absolute atomic E-state index is 6.27. The number of aromatic nitrogens is 2. The number of nitrogens with two attached hydrogens (primary N) is 1. The summed E-state index contributed by atoms with van der Waals surface area (Å²) in [5.74, 6) is 2.20. The second-order valence-electron chi connectivity index (χ2n) is 5.76. The Hall–Kier alpha value is -2.01. The van der Waals surface area contributed by atoms with Gasteiger partial charge in [-0.1, -0.05) is 24.6 Å². The van der Waals surface area contributed by atoms with Gasteiger partial charge in [0.1, 0.15) is 12.0 Å². The first-order valence-electron chi connectivity index (χ1n) is 7.51. The van der Waals surface area contributed by atoms with Gasteiger partial charge in [-0.25, -0.2) is 9.97 Å². The normalized spacial score (nSPS) is 15.8. The summed E-state index contributed by atoms with van der Waals surface area (Å²) in [7, 11) is 0. The molecule has 116 valence electrons. The second kappa shape index (κ2) is 6.40. The molecular formula is C16H20ClN5. The third kappa shape index (κ3) is 3.25. The number of halogens is 1. The molecule has 1 aromatic heterocycles. The molecule has 1 saturated heterocycles. The van der Waals surface area contributed by atoms with Crippen molar-refractivity contribution in [2.24, 2.45) is 5.92 Å². The number of rotatable bonds is 3. The molecule has 0 amide bonds. The number of hydrogen-bond donors (Lipinski definition) is 2. The Morgan fingerprint density at radius 2 is 2.05 bits per heavy atom. The molecular weight excluding hydrogens is 298 g/mol. The topological polar surface area (TPSA) is 67.1 Å². The lowest BCUT2D eigenvalue weighted by molar-refractivity contribution is 0.437. The standard InChI is InChI=1S/C16H20ClN5/c1-11-5-7-22(8-6-11)16-14(18)15(19-10-20-16)21-13-4-2-3-12(17)9-13/h2-4,9-11H,5-8,18H2,1H3,(H,19,20,21). The van der Waals surface area contributed by atoms with E-state index in [1.165, 1.54) is 12.8 Å². The number of nitrogen functional groups attached to an aromatic ring is 1. The fourth-order valence-electron chi connectivity index (χ4n) is 2.66. The van der Waals surface area contributed by atoms with Crippen molar-refractivity contribution in [3.05, 3.63) is 35.6 Å². The van der Waals surface area contributed by atoms with Crippen LogP contribution in [0.5, 0.6) is 0 Å². The minimum Gasteiger partial charge on any atom is -0.393 e. The minimum absolute atomic E-state index is 0.581. The van der Waals surface area contributed by atoms with E-state index in [0.717, 1.165) is 30.5 Å². The Morgan fingerprint density at radius 3 is 2.77 bits per heavy atom. The van der Waals surface area contributed by atoms with Gasteiger partial charge in [-0.3, -0.25) is 0 Å². The fourth-order valence-corrected chi connectivity index (χ4v) is 2.85. The quantitative estimate of drug-likeness (QED) is 0.903. The number of anilines is 4. The van der Waals surface area contributed by atoms with Crippen LogP contribution in [0.1, 0.15) is 19.8 Å². The van der Waals surface area contributed by atoms with Gasteiger partial charge in [-0.15, -0.1) is 0 Å². The predicted molar refractivity (Wildman–Crippen MR) is 91.8 cm³/mol. The van der Waals surface area contributed by atoms with Crippen molar-refractivity contribution in [1.82, 2.24) is 9.97 Å². The minimum atomic E-state index is 0.581. The number of benzene rings is 1. The zero-order valence-corrected chi connectivity index (χ0v) is 13.3. The maximum Gasteiger partial charge on any atom is 0.159 e. The average Bonchev–Trinajstić information content (AvgIpc) is 2.51. The van der Waals surface area contributed by atoms with Gasteiger partial charge in [0.15, 0.2) is 11.6 Å². The molecule has 1 aromatic carbocycles. The largest absolute Gasteiger partial charge is 0.393 e. The lowest BCUT2D eigenvalue weighted by atomic mass is 9.99. The van der Waals surface area contributed by atoms with Gasteiger partial charge >= 0.3 is 0 Å². The van der Waals surface area contributed by atoms with Gasteiger partial charge in [0.25, 0.3) is 0 Å². The fraction of sp³-hybridized carbons (Fsp3) is 0.375. The van der Waals surface area contributed by atoms with Gasteiger partial charge in [0.2, 0.25) is 0 Å². The summed E-state index contributed by atoms with van der Waals surface area (Å²) in [6.45, 7) is 4.25. The van der Waals surface area contributed by atoms with Crippen LogP contribution in [0.25, 0.3) is 0 Å². The van der Waals surface area contributed by atoms with Gasteiger partial charge < -0.3 is 16.0 Å². The molecule has 0 spiro atoms. The van der Waals surface area contributed by atoms with Crippen molar-refractivity contribution in [2.75, 3.05) is 29.0 Å². The molecule has 0 radical (unpaired) electrons. The highest BCUT2D eigenvalue weighted by Gasteiger charge is 2.20. The van der Waals surface area contributed by atoms with Gasteiger partial charge in [0, 0.05) is 23.8 Å². The Morgan fingerprint density at radius 1 is 1.27 bits per heavy atom. The summed E-state index contributed by atoms with van der Waals surface area (Å²) in [6, 6.07) is 7.48. The zero-order valence-electron chi connectivity index (χ0n) is 12.6. The van der Waals surface area contributed by atoms with Crippen LogP contribution in [-0.4, -0.2) is 23.1 Å². The first kappa shape index (κ1) is 14.9. The molecule has 2 aromatic rings. The lowest BCUT2D eigenvalue weighted by Gasteiger charge is -2.32. The number of nitrogens with one attached hydrogen (secondary N) is 1. The van der Waals surface area contributed by atoms with E-state index in [4.69, 9.17) is 17.3 Å². The van der Waals surface area contributed by atoms with Crippen molar-refractivity contribution in [3.63, 3.8) is 0 Å². The van der Waals surface area contributed by atoms with E-state index < -0.39 is 0 Å². The van der Waals surface area contributed by atoms with Gasteiger partial charge in [-0.2, -0.15) is 0 Å². The number of hydrogen-bond acceptors (Lipinski definition) is 5. The molecule has 0 unspecified atom stereocenters. The zero-order chi connectivity index (χ0) is 15.5. The Bertz CT molecular complexity index is 653. The summed E-state index contributed by atoms with van der Waals surface area (Å²) in [5, 5.41) is 3.88. The second-order valence-corrected chi connectivity index (χ2v) is 6.20. The highest BCUT2D eigenvalue weighted by molar-refractivity contribution is 6.30. The first-order chi connectivity index (χ1) is 10.6. The SMILES string of the molecule is CC1CCN(c2ncnc(Nc3cccc(Cl)c3)c2N)CC1. The van der Waals surface area contributed by atoms with Crippen LogP contribution in [0.15, 0.2) is 30.6 Å². The van der Waals surface area contributed by atoms with E-state index in [1.54, 1.807) is 6.33 Å². The molecule has 0 atom stereocenters. The third-order valence-corrected chi connectivity index (χ3v) is 4.27. The predicted octanol–water partition coefficient (Wildman–Crippen LogP) is 3.69. The van der Waals surface area contributed by atoms with Crippen LogP contribution in [0.2, 0.25) is 5.02 Å². The smallest absolute Gasteiger partial charge is 0.159 e. The molecule has 3 N–H and O–H groups in total. The summed E-state index contributed by atoms with van der Waals surface area (Å²) in [4.78, 5) is 10.9. The summed E-state index contributed by atoms with van der Waals surface area (Å²) in [6.07, 6.45) is 3.89. The molecule has 2 heterocycles. The van der Waals surface area contributed by atoms with Crippen molar-refractivity contribution < 1.29 is 0 Å². The molecule has 22 heavy (non-hydrogen) atoms. The lowest BCUT2D eigenvalue weighted by Crippen LogP contribution is -2.34.